The van der Waals surface area contributed by atoms with Crippen LogP contribution in [0.2, 0.25) is 0 Å². The lowest BCUT2D eigenvalue weighted by molar-refractivity contribution is -0.137. The molecule has 0 bridgehead atoms. The molecular formula is C13H16INO4. The van der Waals surface area contributed by atoms with Crippen LogP contribution in [0, 0.1) is 10.5 Å². The number of rotatable bonds is 6. The van der Waals surface area contributed by atoms with E-state index in [1.54, 1.807) is 12.1 Å². The van der Waals surface area contributed by atoms with Gasteiger partial charge in [-0.2, -0.15) is 0 Å². The number of hydrogen-bond donors (Lipinski definition) is 1. The van der Waals surface area contributed by atoms with Crippen LogP contribution in [-0.2, 0) is 9.53 Å². The van der Waals surface area contributed by atoms with Crippen molar-refractivity contribution in [2.45, 2.75) is 6.92 Å². The van der Waals surface area contributed by atoms with Crippen LogP contribution in [0.5, 0.6) is 0 Å². The van der Waals surface area contributed by atoms with E-state index in [1.165, 1.54) is 12.0 Å². The Morgan fingerprint density at radius 3 is 2.68 bits per heavy atom. The predicted octanol–water partition coefficient (Wildman–Crippen LogP) is 1.77. The lowest BCUT2D eigenvalue weighted by atomic mass is 10.1. The van der Waals surface area contributed by atoms with E-state index < -0.39 is 5.97 Å². The minimum atomic E-state index is -1.04. The Morgan fingerprint density at radius 2 is 2.11 bits per heavy atom. The number of nitrogens with zero attached hydrogens (tertiary/aromatic N) is 1. The van der Waals surface area contributed by atoms with Crippen LogP contribution >= 0.6 is 22.6 Å². The van der Waals surface area contributed by atoms with Crippen molar-refractivity contribution in [3.8, 4) is 0 Å². The van der Waals surface area contributed by atoms with Gasteiger partial charge in [0.2, 0.25) is 0 Å². The number of carboxylic acid groups (broad SMARTS) is 1. The second-order valence-electron chi connectivity index (χ2n) is 4.05. The van der Waals surface area contributed by atoms with E-state index in [4.69, 9.17) is 9.84 Å². The van der Waals surface area contributed by atoms with Gasteiger partial charge in [0.25, 0.3) is 5.91 Å². The molecule has 0 unspecified atom stereocenters. The summed E-state index contributed by atoms with van der Waals surface area (Å²) in [4.78, 5) is 24.5. The third-order valence-electron chi connectivity index (χ3n) is 2.60. The molecule has 0 heterocycles. The summed E-state index contributed by atoms with van der Waals surface area (Å²) in [6.07, 6.45) is 0. The molecule has 0 atom stereocenters. The highest BCUT2D eigenvalue weighted by molar-refractivity contribution is 14.1. The Balaban J connectivity index is 2.97. The lowest BCUT2D eigenvalue weighted by Crippen LogP contribution is -2.38. The number of methoxy groups -OCH3 is 1. The molecule has 0 aromatic heterocycles. The average molecular weight is 377 g/mol. The molecular weight excluding hydrogens is 361 g/mol. The van der Waals surface area contributed by atoms with Gasteiger partial charge in [-0.1, -0.05) is 12.1 Å². The summed E-state index contributed by atoms with van der Waals surface area (Å²) in [5.74, 6) is -1.32. The monoisotopic (exact) mass is 377 g/mol. The Hall–Kier alpha value is -1.15. The van der Waals surface area contributed by atoms with Crippen LogP contribution in [0.3, 0.4) is 0 Å². The lowest BCUT2D eigenvalue weighted by Gasteiger charge is -2.21. The summed E-state index contributed by atoms with van der Waals surface area (Å²) in [6.45, 7) is 2.15. The Kier molecular flexibility index (Phi) is 6.23. The van der Waals surface area contributed by atoms with Gasteiger partial charge in [0, 0.05) is 17.2 Å². The SMILES string of the molecule is COCCN(CC(=O)O)C(=O)c1cccc(C)c1I. The van der Waals surface area contributed by atoms with E-state index in [-0.39, 0.29) is 19.0 Å². The fraction of sp³-hybridized carbons (Fsp3) is 0.385. The molecule has 1 amide bonds. The molecule has 0 aliphatic carbocycles. The Labute approximate surface area is 125 Å². The van der Waals surface area contributed by atoms with E-state index in [0.717, 1.165) is 9.13 Å². The predicted molar refractivity (Wildman–Crippen MR) is 79.3 cm³/mol. The molecule has 1 aromatic carbocycles. The topological polar surface area (TPSA) is 66.8 Å². The maximum absolute atomic E-state index is 12.4. The second kappa shape index (κ2) is 7.44. The summed E-state index contributed by atoms with van der Waals surface area (Å²) in [6, 6.07) is 5.41. The van der Waals surface area contributed by atoms with Gasteiger partial charge in [0.1, 0.15) is 6.54 Å². The first-order valence-electron chi connectivity index (χ1n) is 5.72. The first-order chi connectivity index (χ1) is 8.97. The van der Waals surface area contributed by atoms with E-state index in [0.29, 0.717) is 12.2 Å². The Morgan fingerprint density at radius 1 is 1.42 bits per heavy atom. The molecule has 0 aliphatic rings. The first-order valence-corrected chi connectivity index (χ1v) is 6.80. The van der Waals surface area contributed by atoms with Crippen LogP contribution in [0.25, 0.3) is 0 Å². The average Bonchev–Trinajstić information content (AvgIpc) is 2.36. The van der Waals surface area contributed by atoms with Gasteiger partial charge in [-0.05, 0) is 41.1 Å². The van der Waals surface area contributed by atoms with Crippen molar-refractivity contribution in [2.75, 3.05) is 26.8 Å². The first kappa shape index (κ1) is 15.9. The third kappa shape index (κ3) is 4.46. The van der Waals surface area contributed by atoms with Gasteiger partial charge >= 0.3 is 5.97 Å². The number of carboxylic acids is 1. The van der Waals surface area contributed by atoms with E-state index in [9.17, 15) is 9.59 Å². The van der Waals surface area contributed by atoms with Gasteiger partial charge in [-0.3, -0.25) is 9.59 Å². The van der Waals surface area contributed by atoms with Crippen LogP contribution in [0.4, 0.5) is 0 Å². The highest BCUT2D eigenvalue weighted by Crippen LogP contribution is 2.18. The number of aryl methyl sites for hydroxylation is 1. The van der Waals surface area contributed by atoms with Gasteiger partial charge in [0.05, 0.1) is 12.2 Å². The maximum Gasteiger partial charge on any atom is 0.323 e. The maximum atomic E-state index is 12.4. The van der Waals surface area contributed by atoms with Crippen LogP contribution in [0.1, 0.15) is 15.9 Å². The van der Waals surface area contributed by atoms with Crippen LogP contribution in [0.15, 0.2) is 18.2 Å². The van der Waals surface area contributed by atoms with Crippen LogP contribution < -0.4 is 0 Å². The zero-order chi connectivity index (χ0) is 14.4. The summed E-state index contributed by atoms with van der Waals surface area (Å²) < 4.78 is 5.75. The van der Waals surface area contributed by atoms with Crippen molar-refractivity contribution in [1.29, 1.82) is 0 Å². The fourth-order valence-electron chi connectivity index (χ4n) is 1.60. The number of aliphatic carboxylic acids is 1. The number of hydrogen-bond acceptors (Lipinski definition) is 3. The molecule has 0 saturated heterocycles. The normalized spacial score (nSPS) is 10.3. The minimum absolute atomic E-state index is 0.256. The van der Waals surface area contributed by atoms with Gasteiger partial charge in [-0.25, -0.2) is 0 Å². The molecule has 104 valence electrons. The molecule has 1 aromatic rings. The van der Waals surface area contributed by atoms with E-state index in [2.05, 4.69) is 22.6 Å². The zero-order valence-corrected chi connectivity index (χ0v) is 13.0. The van der Waals surface area contributed by atoms with Crippen LogP contribution in [-0.4, -0.2) is 48.7 Å². The van der Waals surface area contributed by atoms with Gasteiger partial charge in [0.15, 0.2) is 0 Å². The molecule has 0 radical (unpaired) electrons. The number of benzene rings is 1. The van der Waals surface area contributed by atoms with Gasteiger partial charge < -0.3 is 14.7 Å². The highest BCUT2D eigenvalue weighted by Gasteiger charge is 2.20. The third-order valence-corrected chi connectivity index (χ3v) is 4.03. The number of halogens is 1. The molecule has 0 fully saturated rings. The van der Waals surface area contributed by atoms with Gasteiger partial charge in [-0.15, -0.1) is 0 Å². The van der Waals surface area contributed by atoms with Crippen molar-refractivity contribution in [1.82, 2.24) is 4.90 Å². The summed E-state index contributed by atoms with van der Waals surface area (Å²) >= 11 is 2.10. The molecule has 1 rings (SSSR count). The van der Waals surface area contributed by atoms with Crippen molar-refractivity contribution in [2.24, 2.45) is 0 Å². The quantitative estimate of drug-likeness (QED) is 0.768. The standard InChI is InChI=1S/C13H16INO4/c1-9-4-3-5-10(12(9)14)13(18)15(6-7-19-2)8-11(16)17/h3-5H,6-8H2,1-2H3,(H,16,17). The molecule has 0 saturated carbocycles. The summed E-state index contributed by atoms with van der Waals surface area (Å²) in [5.41, 5.74) is 1.52. The largest absolute Gasteiger partial charge is 0.480 e. The molecule has 19 heavy (non-hydrogen) atoms. The Bertz CT molecular complexity index is 476. The molecule has 0 spiro atoms. The number of amides is 1. The highest BCUT2D eigenvalue weighted by atomic mass is 127. The van der Waals surface area contributed by atoms with Crippen molar-refractivity contribution >= 4 is 34.5 Å². The minimum Gasteiger partial charge on any atom is -0.480 e. The van der Waals surface area contributed by atoms with E-state index in [1.807, 2.05) is 13.0 Å². The summed E-state index contributed by atoms with van der Waals surface area (Å²) in [7, 11) is 1.51. The molecule has 0 aliphatic heterocycles. The number of ether oxygens (including phenoxy) is 1. The van der Waals surface area contributed by atoms with Crippen molar-refractivity contribution in [3.63, 3.8) is 0 Å². The fourth-order valence-corrected chi connectivity index (χ4v) is 2.19. The summed E-state index contributed by atoms with van der Waals surface area (Å²) in [5, 5.41) is 8.87. The number of carbonyl (C=O) groups excluding carboxylic acids is 1. The zero-order valence-electron chi connectivity index (χ0n) is 10.9. The van der Waals surface area contributed by atoms with Crippen molar-refractivity contribution < 1.29 is 19.4 Å². The molecule has 1 N–H and O–H groups in total. The molecule has 6 heteroatoms. The van der Waals surface area contributed by atoms with Crippen molar-refractivity contribution in [3.05, 3.63) is 32.9 Å². The molecule has 5 nitrogen and oxygen atoms in total. The van der Waals surface area contributed by atoms with E-state index >= 15 is 0 Å². The second-order valence-corrected chi connectivity index (χ2v) is 5.13. The number of carbonyl (C=O) groups is 2. The smallest absolute Gasteiger partial charge is 0.323 e.